The van der Waals surface area contributed by atoms with Crippen LogP contribution in [-0.4, -0.2) is 28.0 Å². The molecule has 0 unspecified atom stereocenters. The van der Waals surface area contributed by atoms with Gasteiger partial charge in [0.1, 0.15) is 5.69 Å². The van der Waals surface area contributed by atoms with Crippen molar-refractivity contribution >= 4 is 46.9 Å². The lowest BCUT2D eigenvalue weighted by Crippen LogP contribution is -2.07. The van der Waals surface area contributed by atoms with Crippen molar-refractivity contribution in [2.45, 2.75) is 0 Å². The molecule has 0 radical (unpaired) electrons. The average Bonchev–Trinajstić information content (AvgIpc) is 2.88. The second-order valence-corrected chi connectivity index (χ2v) is 7.32. The molecule has 2 N–H and O–H groups in total. The fourth-order valence-electron chi connectivity index (χ4n) is 3.24. The van der Waals surface area contributed by atoms with E-state index in [9.17, 15) is 14.9 Å². The third-order valence-electron chi connectivity index (χ3n) is 4.93. The first-order chi connectivity index (χ1) is 17.0. The van der Waals surface area contributed by atoms with Crippen molar-refractivity contribution in [1.29, 1.82) is 0 Å². The molecule has 3 aromatic carbocycles. The number of carbonyl (C=O) groups is 1. The summed E-state index contributed by atoms with van der Waals surface area (Å²) in [6.07, 6.45) is 3.22. The number of carbonyl (C=O) groups excluding carboxylic acids is 1. The van der Waals surface area contributed by atoms with Gasteiger partial charge in [-0.15, -0.1) is 0 Å². The summed E-state index contributed by atoms with van der Waals surface area (Å²) in [6, 6.07) is 25.0. The zero-order valence-corrected chi connectivity index (χ0v) is 18.7. The number of anilines is 4. The zero-order chi connectivity index (χ0) is 24.6. The Hall–Kier alpha value is -5.05. The maximum atomic E-state index is 12.0. The molecule has 0 spiro atoms. The standard InChI is InChI=1S/C26H21N5O4/c1-35-25(32)19-15-12-18(13-16-19)14-17-22-23(31(33)34)24(27-20-8-4-2-5-9-20)30-26(29-22)28-21-10-6-3-7-11-21/h2-17H,1H3,(H2,27,28,29,30)/b17-14+. The zero-order valence-electron chi connectivity index (χ0n) is 18.7. The minimum absolute atomic E-state index is 0.0512. The normalized spacial score (nSPS) is 10.7. The van der Waals surface area contributed by atoms with Gasteiger partial charge in [-0.2, -0.15) is 4.98 Å². The van der Waals surface area contributed by atoms with Gasteiger partial charge in [-0.1, -0.05) is 54.6 Å². The molecule has 0 aliphatic rings. The summed E-state index contributed by atoms with van der Waals surface area (Å²) in [5.41, 5.74) is 2.35. The third kappa shape index (κ3) is 5.85. The fraction of sp³-hybridized carbons (Fsp3) is 0.0385. The smallest absolute Gasteiger partial charge is 0.337 e. The van der Waals surface area contributed by atoms with Gasteiger partial charge < -0.3 is 15.4 Å². The molecule has 0 aliphatic carbocycles. The first-order valence-corrected chi connectivity index (χ1v) is 10.6. The van der Waals surface area contributed by atoms with Gasteiger partial charge in [-0.05, 0) is 48.0 Å². The lowest BCUT2D eigenvalue weighted by molar-refractivity contribution is -0.384. The van der Waals surface area contributed by atoms with Crippen LogP contribution >= 0.6 is 0 Å². The molecule has 9 heteroatoms. The molecule has 0 saturated carbocycles. The van der Waals surface area contributed by atoms with Crippen molar-refractivity contribution in [3.8, 4) is 0 Å². The van der Waals surface area contributed by atoms with Crippen molar-refractivity contribution in [3.05, 3.63) is 112 Å². The Morgan fingerprint density at radius 1 is 0.857 bits per heavy atom. The van der Waals surface area contributed by atoms with Crippen LogP contribution in [0.5, 0.6) is 0 Å². The van der Waals surface area contributed by atoms with Crippen LogP contribution in [0.2, 0.25) is 0 Å². The first kappa shape index (κ1) is 23.1. The van der Waals surface area contributed by atoms with Crippen molar-refractivity contribution in [2.75, 3.05) is 17.7 Å². The number of benzene rings is 3. The molecular weight excluding hydrogens is 446 g/mol. The maximum Gasteiger partial charge on any atom is 0.337 e. The van der Waals surface area contributed by atoms with Crippen molar-refractivity contribution in [2.24, 2.45) is 0 Å². The summed E-state index contributed by atoms with van der Waals surface area (Å²) in [5, 5.41) is 18.2. The molecule has 4 rings (SSSR count). The van der Waals surface area contributed by atoms with Gasteiger partial charge in [-0.3, -0.25) is 10.1 Å². The van der Waals surface area contributed by atoms with E-state index in [1.165, 1.54) is 7.11 Å². The van der Waals surface area contributed by atoms with Gasteiger partial charge in [0, 0.05) is 11.4 Å². The van der Waals surface area contributed by atoms with E-state index in [4.69, 9.17) is 4.74 Å². The number of hydrogen-bond donors (Lipinski definition) is 2. The molecule has 0 bridgehead atoms. The molecule has 4 aromatic rings. The van der Waals surface area contributed by atoms with E-state index in [0.717, 1.165) is 11.3 Å². The molecule has 0 atom stereocenters. The molecule has 0 fully saturated rings. The van der Waals surface area contributed by atoms with Crippen LogP contribution in [0.25, 0.3) is 12.2 Å². The Kier molecular flexibility index (Phi) is 7.08. The van der Waals surface area contributed by atoms with Gasteiger partial charge in [-0.25, -0.2) is 9.78 Å². The first-order valence-electron chi connectivity index (χ1n) is 10.6. The number of ether oxygens (including phenoxy) is 1. The number of nitrogens with zero attached hydrogens (tertiary/aromatic N) is 3. The third-order valence-corrected chi connectivity index (χ3v) is 4.93. The topological polar surface area (TPSA) is 119 Å². The van der Waals surface area contributed by atoms with Crippen LogP contribution in [-0.2, 0) is 4.74 Å². The lowest BCUT2D eigenvalue weighted by atomic mass is 10.1. The van der Waals surface area contributed by atoms with Gasteiger partial charge >= 0.3 is 11.7 Å². The van der Waals surface area contributed by atoms with Gasteiger partial charge in [0.2, 0.25) is 11.8 Å². The molecule has 1 aromatic heterocycles. The van der Waals surface area contributed by atoms with Gasteiger partial charge in [0.05, 0.1) is 17.6 Å². The Morgan fingerprint density at radius 3 is 2.03 bits per heavy atom. The Labute approximate surface area is 201 Å². The van der Waals surface area contributed by atoms with Crippen LogP contribution in [0.1, 0.15) is 21.6 Å². The van der Waals surface area contributed by atoms with Crippen LogP contribution in [0.3, 0.4) is 0 Å². The number of esters is 1. The number of para-hydroxylation sites is 2. The van der Waals surface area contributed by atoms with Crippen molar-refractivity contribution in [1.82, 2.24) is 9.97 Å². The summed E-state index contributed by atoms with van der Waals surface area (Å²) in [4.78, 5) is 32.0. The Bertz CT molecular complexity index is 1360. The van der Waals surface area contributed by atoms with E-state index >= 15 is 0 Å². The second-order valence-electron chi connectivity index (χ2n) is 7.32. The molecule has 174 valence electrons. The minimum atomic E-state index is -0.516. The number of hydrogen-bond acceptors (Lipinski definition) is 8. The molecule has 9 nitrogen and oxygen atoms in total. The average molecular weight is 467 g/mol. The largest absolute Gasteiger partial charge is 0.465 e. The number of nitro groups is 1. The Morgan fingerprint density at radius 2 is 1.46 bits per heavy atom. The molecular formula is C26H21N5O4. The summed E-state index contributed by atoms with van der Waals surface area (Å²) in [5.74, 6) is -0.198. The van der Waals surface area contributed by atoms with Crippen LogP contribution < -0.4 is 10.6 Å². The summed E-state index contributed by atoms with van der Waals surface area (Å²) >= 11 is 0. The number of nitrogens with one attached hydrogen (secondary N) is 2. The van der Waals surface area contributed by atoms with E-state index in [2.05, 4.69) is 20.6 Å². The molecule has 0 aliphatic heterocycles. The monoisotopic (exact) mass is 467 g/mol. The predicted molar refractivity (Wildman–Crippen MR) is 135 cm³/mol. The molecule has 35 heavy (non-hydrogen) atoms. The van der Waals surface area contributed by atoms with Crippen molar-refractivity contribution < 1.29 is 14.5 Å². The molecule has 0 saturated heterocycles. The van der Waals surface area contributed by atoms with Gasteiger partial charge in [0.15, 0.2) is 0 Å². The predicted octanol–water partition coefficient (Wildman–Crippen LogP) is 5.83. The van der Waals surface area contributed by atoms with E-state index in [1.807, 2.05) is 48.5 Å². The highest BCUT2D eigenvalue weighted by Gasteiger charge is 2.24. The molecule has 1 heterocycles. The van der Waals surface area contributed by atoms with Crippen LogP contribution in [0.4, 0.5) is 28.8 Å². The SMILES string of the molecule is COC(=O)c1ccc(/C=C/c2nc(Nc3ccccc3)nc(Nc3ccccc3)c2[N+](=O)[O-])cc1. The fourth-order valence-corrected chi connectivity index (χ4v) is 3.24. The van der Waals surface area contributed by atoms with Crippen LogP contribution in [0, 0.1) is 10.1 Å². The quantitative estimate of drug-likeness (QED) is 0.189. The number of rotatable bonds is 8. The number of aromatic nitrogens is 2. The van der Waals surface area contributed by atoms with E-state index < -0.39 is 10.9 Å². The Balaban J connectivity index is 1.75. The lowest BCUT2D eigenvalue weighted by Gasteiger charge is -2.11. The molecule has 0 amide bonds. The summed E-state index contributed by atoms with van der Waals surface area (Å²) in [7, 11) is 1.31. The van der Waals surface area contributed by atoms with E-state index in [0.29, 0.717) is 11.3 Å². The maximum absolute atomic E-state index is 12.0. The van der Waals surface area contributed by atoms with Gasteiger partial charge in [0.25, 0.3) is 0 Å². The highest BCUT2D eigenvalue weighted by atomic mass is 16.6. The second kappa shape index (κ2) is 10.7. The number of methoxy groups -OCH3 is 1. The minimum Gasteiger partial charge on any atom is -0.465 e. The summed E-state index contributed by atoms with van der Waals surface area (Å²) < 4.78 is 4.71. The van der Waals surface area contributed by atoms with Crippen LogP contribution in [0.15, 0.2) is 84.9 Å². The van der Waals surface area contributed by atoms with E-state index in [-0.39, 0.29) is 23.1 Å². The highest BCUT2D eigenvalue weighted by Crippen LogP contribution is 2.32. The van der Waals surface area contributed by atoms with Crippen molar-refractivity contribution in [3.63, 3.8) is 0 Å². The highest BCUT2D eigenvalue weighted by molar-refractivity contribution is 5.89. The summed E-state index contributed by atoms with van der Waals surface area (Å²) in [6.45, 7) is 0. The van der Waals surface area contributed by atoms with E-state index in [1.54, 1.807) is 48.6 Å².